The molecule has 0 saturated carbocycles. The number of anilines is 1. The molecular weight excluding hydrogens is 314 g/mol. The van der Waals surface area contributed by atoms with Crippen molar-refractivity contribution in [3.8, 4) is 0 Å². The molecule has 0 aliphatic carbocycles. The van der Waals surface area contributed by atoms with Gasteiger partial charge in [-0.1, -0.05) is 44.2 Å². The fraction of sp³-hybridized carbons (Fsp3) is 0.312. The Morgan fingerprint density at radius 3 is 2.52 bits per heavy atom. The molecule has 0 bridgehead atoms. The van der Waals surface area contributed by atoms with Gasteiger partial charge in [-0.2, -0.15) is 0 Å². The Labute approximate surface area is 138 Å². The Morgan fingerprint density at radius 1 is 1.26 bits per heavy atom. The molecule has 0 spiro atoms. The maximum atomic E-state index is 12.4. The standard InChI is InChI=1S/C16H19N3O3S/c1-10(2)13-9-17-15(23-13)19-14(20)12(18-16(21)22)8-11-6-4-3-5-7-11/h3-7,9-10,12,18H,8H2,1-2H3,(H,21,22)(H,17,19,20). The van der Waals surface area contributed by atoms with Crippen molar-refractivity contribution < 1.29 is 14.7 Å². The van der Waals surface area contributed by atoms with Gasteiger partial charge < -0.3 is 15.7 Å². The predicted octanol–water partition coefficient (Wildman–Crippen LogP) is 3.08. The lowest BCUT2D eigenvalue weighted by Gasteiger charge is -2.15. The lowest BCUT2D eigenvalue weighted by Crippen LogP contribution is -2.44. The molecule has 2 aromatic rings. The monoisotopic (exact) mass is 333 g/mol. The third-order valence-electron chi connectivity index (χ3n) is 3.22. The average molecular weight is 333 g/mol. The minimum atomic E-state index is -1.23. The van der Waals surface area contributed by atoms with Crippen molar-refractivity contribution in [2.45, 2.75) is 32.2 Å². The highest BCUT2D eigenvalue weighted by atomic mass is 32.1. The van der Waals surface area contributed by atoms with Crippen molar-refractivity contribution in [1.29, 1.82) is 0 Å². The normalized spacial score (nSPS) is 12.0. The fourth-order valence-corrected chi connectivity index (χ4v) is 2.83. The summed E-state index contributed by atoms with van der Waals surface area (Å²) >= 11 is 1.39. The number of carboxylic acid groups (broad SMARTS) is 1. The first-order chi connectivity index (χ1) is 11.0. The molecule has 3 N–H and O–H groups in total. The van der Waals surface area contributed by atoms with Crippen LogP contribution in [0.5, 0.6) is 0 Å². The first kappa shape index (κ1) is 17.0. The van der Waals surface area contributed by atoms with Gasteiger partial charge in [0.2, 0.25) is 5.91 Å². The molecule has 0 saturated heterocycles. The van der Waals surface area contributed by atoms with Crippen LogP contribution in [0.15, 0.2) is 36.5 Å². The van der Waals surface area contributed by atoms with Gasteiger partial charge in [-0.15, -0.1) is 11.3 Å². The maximum absolute atomic E-state index is 12.4. The van der Waals surface area contributed by atoms with Crippen molar-refractivity contribution in [3.05, 3.63) is 47.0 Å². The van der Waals surface area contributed by atoms with Crippen LogP contribution in [0.2, 0.25) is 0 Å². The number of aromatic nitrogens is 1. The lowest BCUT2D eigenvalue weighted by atomic mass is 10.1. The Bertz CT molecular complexity index is 670. The van der Waals surface area contributed by atoms with Crippen LogP contribution < -0.4 is 10.6 Å². The molecule has 1 unspecified atom stereocenters. The minimum absolute atomic E-state index is 0.279. The molecule has 2 rings (SSSR count). The van der Waals surface area contributed by atoms with E-state index in [-0.39, 0.29) is 6.42 Å². The highest BCUT2D eigenvalue weighted by Crippen LogP contribution is 2.25. The molecule has 23 heavy (non-hydrogen) atoms. The molecule has 6 nitrogen and oxygen atoms in total. The molecule has 1 atom stereocenters. The van der Waals surface area contributed by atoms with E-state index in [1.165, 1.54) is 11.3 Å². The van der Waals surface area contributed by atoms with Gasteiger partial charge in [-0.3, -0.25) is 4.79 Å². The van der Waals surface area contributed by atoms with E-state index in [0.29, 0.717) is 11.0 Å². The summed E-state index contributed by atoms with van der Waals surface area (Å²) in [7, 11) is 0. The van der Waals surface area contributed by atoms with E-state index in [2.05, 4.69) is 15.6 Å². The number of carbonyl (C=O) groups is 2. The molecule has 0 radical (unpaired) electrons. The summed E-state index contributed by atoms with van der Waals surface area (Å²) in [6, 6.07) is 8.39. The van der Waals surface area contributed by atoms with Crippen LogP contribution in [0.3, 0.4) is 0 Å². The van der Waals surface area contributed by atoms with Crippen LogP contribution >= 0.6 is 11.3 Å². The zero-order valence-corrected chi connectivity index (χ0v) is 13.8. The molecule has 0 fully saturated rings. The smallest absolute Gasteiger partial charge is 0.405 e. The van der Waals surface area contributed by atoms with Crippen LogP contribution in [-0.2, 0) is 11.2 Å². The molecular formula is C16H19N3O3S. The third-order valence-corrected chi connectivity index (χ3v) is 4.43. The molecule has 7 heteroatoms. The van der Waals surface area contributed by atoms with Crippen LogP contribution in [0.4, 0.5) is 9.93 Å². The molecule has 0 aliphatic rings. The van der Waals surface area contributed by atoms with Gasteiger partial charge in [0.1, 0.15) is 6.04 Å². The molecule has 1 aromatic heterocycles. The third kappa shape index (κ3) is 5.07. The largest absolute Gasteiger partial charge is 0.465 e. The quantitative estimate of drug-likeness (QED) is 0.757. The van der Waals surface area contributed by atoms with Crippen LogP contribution in [0.25, 0.3) is 0 Å². The van der Waals surface area contributed by atoms with Gasteiger partial charge in [0.05, 0.1) is 0 Å². The Morgan fingerprint density at radius 2 is 1.96 bits per heavy atom. The number of thiazole rings is 1. The van der Waals surface area contributed by atoms with Gasteiger partial charge in [0.15, 0.2) is 5.13 Å². The van der Waals surface area contributed by atoms with Crippen LogP contribution in [-0.4, -0.2) is 28.1 Å². The van der Waals surface area contributed by atoms with Gasteiger partial charge in [-0.05, 0) is 11.5 Å². The summed E-state index contributed by atoms with van der Waals surface area (Å²) in [6.07, 6.45) is 0.770. The van der Waals surface area contributed by atoms with Crippen molar-refractivity contribution >= 4 is 28.5 Å². The number of carbonyl (C=O) groups excluding carboxylic acids is 1. The molecule has 0 aliphatic heterocycles. The van der Waals surface area contributed by atoms with Crippen molar-refractivity contribution in [3.63, 3.8) is 0 Å². The highest BCUT2D eigenvalue weighted by molar-refractivity contribution is 7.15. The van der Waals surface area contributed by atoms with E-state index in [9.17, 15) is 9.59 Å². The predicted molar refractivity (Wildman–Crippen MR) is 89.9 cm³/mol. The number of nitrogens with one attached hydrogen (secondary N) is 2. The Kier molecular flexibility index (Phi) is 5.70. The summed E-state index contributed by atoms with van der Waals surface area (Å²) in [4.78, 5) is 28.5. The first-order valence-corrected chi connectivity index (χ1v) is 8.07. The van der Waals surface area contributed by atoms with Gasteiger partial charge >= 0.3 is 6.09 Å². The lowest BCUT2D eigenvalue weighted by molar-refractivity contribution is -0.118. The van der Waals surface area contributed by atoms with Crippen molar-refractivity contribution in [1.82, 2.24) is 10.3 Å². The number of rotatable bonds is 6. The maximum Gasteiger partial charge on any atom is 0.405 e. The van der Waals surface area contributed by atoms with Crippen LogP contribution in [0.1, 0.15) is 30.2 Å². The second kappa shape index (κ2) is 7.73. The van der Waals surface area contributed by atoms with E-state index in [0.717, 1.165) is 10.4 Å². The van der Waals surface area contributed by atoms with Crippen molar-refractivity contribution in [2.75, 3.05) is 5.32 Å². The summed E-state index contributed by atoms with van der Waals surface area (Å²) in [5, 5.41) is 14.4. The molecule has 122 valence electrons. The van der Waals surface area contributed by atoms with Gasteiger partial charge in [-0.25, -0.2) is 9.78 Å². The minimum Gasteiger partial charge on any atom is -0.465 e. The van der Waals surface area contributed by atoms with Gasteiger partial charge in [0.25, 0.3) is 0 Å². The Balaban J connectivity index is 2.07. The van der Waals surface area contributed by atoms with Crippen LogP contribution in [0, 0.1) is 0 Å². The zero-order valence-electron chi connectivity index (χ0n) is 12.9. The van der Waals surface area contributed by atoms with E-state index in [1.807, 2.05) is 44.2 Å². The second-order valence-electron chi connectivity index (χ2n) is 5.40. The van der Waals surface area contributed by atoms with Gasteiger partial charge in [0, 0.05) is 17.5 Å². The summed E-state index contributed by atoms with van der Waals surface area (Å²) < 4.78 is 0. The Hall–Kier alpha value is -2.41. The van der Waals surface area contributed by atoms with E-state index in [4.69, 9.17) is 5.11 Å². The molecule has 1 heterocycles. The van der Waals surface area contributed by atoms with Crippen molar-refractivity contribution in [2.24, 2.45) is 0 Å². The molecule has 2 amide bonds. The summed E-state index contributed by atoms with van der Waals surface area (Å²) in [5.41, 5.74) is 0.878. The van der Waals surface area contributed by atoms with E-state index >= 15 is 0 Å². The fourth-order valence-electron chi connectivity index (χ4n) is 2.01. The highest BCUT2D eigenvalue weighted by Gasteiger charge is 2.22. The number of nitrogens with zero attached hydrogens (tertiary/aromatic N) is 1. The number of hydrogen-bond donors (Lipinski definition) is 3. The summed E-state index contributed by atoms with van der Waals surface area (Å²) in [5.74, 6) is -0.0867. The molecule has 1 aromatic carbocycles. The number of benzene rings is 1. The summed E-state index contributed by atoms with van der Waals surface area (Å²) in [6.45, 7) is 4.09. The van der Waals surface area contributed by atoms with E-state index in [1.54, 1.807) is 6.20 Å². The average Bonchev–Trinajstić information content (AvgIpc) is 2.96. The SMILES string of the molecule is CC(C)c1cnc(NC(=O)C(Cc2ccccc2)NC(=O)O)s1. The van der Waals surface area contributed by atoms with E-state index < -0.39 is 18.0 Å². The second-order valence-corrected chi connectivity index (χ2v) is 6.47. The zero-order chi connectivity index (χ0) is 16.8. The number of hydrogen-bond acceptors (Lipinski definition) is 4. The first-order valence-electron chi connectivity index (χ1n) is 7.25. The number of amides is 2. The topological polar surface area (TPSA) is 91.3 Å².